The normalized spacial score (nSPS) is 10.2. The van der Waals surface area contributed by atoms with Crippen LogP contribution in [-0.4, -0.2) is 52.7 Å². The van der Waals surface area contributed by atoms with Crippen LogP contribution < -0.4 is 0 Å². The minimum Gasteiger partial charge on any atom is -0.469 e. The lowest BCUT2D eigenvalue weighted by atomic mass is 10.3. The standard InChI is InChI=1S/C11H18N4O3/c1-4-5-8-12-10(14-13-8)11(17)15(2)7-6-9(16)18-3/h4-7H2,1-3H3,(H,12,13,14). The van der Waals surface area contributed by atoms with Crippen LogP contribution >= 0.6 is 0 Å². The summed E-state index contributed by atoms with van der Waals surface area (Å²) in [5.41, 5.74) is 0. The summed E-state index contributed by atoms with van der Waals surface area (Å²) in [7, 11) is 2.91. The summed E-state index contributed by atoms with van der Waals surface area (Å²) in [6, 6.07) is 0. The largest absolute Gasteiger partial charge is 0.469 e. The lowest BCUT2D eigenvalue weighted by Crippen LogP contribution is -2.30. The Morgan fingerprint density at radius 2 is 2.17 bits per heavy atom. The number of carbonyl (C=O) groups is 2. The van der Waals surface area contributed by atoms with Gasteiger partial charge in [0, 0.05) is 20.0 Å². The number of carbonyl (C=O) groups excluding carboxylic acids is 2. The van der Waals surface area contributed by atoms with E-state index in [-0.39, 0.29) is 30.7 Å². The highest BCUT2D eigenvalue weighted by atomic mass is 16.5. The molecule has 7 heteroatoms. The maximum Gasteiger partial charge on any atom is 0.307 e. The third kappa shape index (κ3) is 3.83. The number of aromatic nitrogens is 3. The molecule has 0 aliphatic carbocycles. The van der Waals surface area contributed by atoms with Crippen LogP contribution in [0.5, 0.6) is 0 Å². The first-order chi connectivity index (χ1) is 8.58. The van der Waals surface area contributed by atoms with Crippen LogP contribution in [0, 0.1) is 0 Å². The first-order valence-corrected chi connectivity index (χ1v) is 5.82. The van der Waals surface area contributed by atoms with Gasteiger partial charge in [0.2, 0.25) is 5.82 Å². The van der Waals surface area contributed by atoms with E-state index in [0.717, 1.165) is 12.8 Å². The maximum absolute atomic E-state index is 11.9. The van der Waals surface area contributed by atoms with Gasteiger partial charge in [-0.3, -0.25) is 14.7 Å². The molecule has 0 unspecified atom stereocenters. The average Bonchev–Trinajstić information content (AvgIpc) is 2.83. The predicted molar refractivity (Wildman–Crippen MR) is 64.0 cm³/mol. The molecule has 18 heavy (non-hydrogen) atoms. The van der Waals surface area contributed by atoms with E-state index >= 15 is 0 Å². The molecule has 0 aliphatic rings. The quantitative estimate of drug-likeness (QED) is 0.742. The van der Waals surface area contributed by atoms with E-state index < -0.39 is 0 Å². The molecule has 100 valence electrons. The second-order valence-electron chi connectivity index (χ2n) is 3.91. The molecule has 1 heterocycles. The minimum atomic E-state index is -0.351. The summed E-state index contributed by atoms with van der Waals surface area (Å²) in [6.07, 6.45) is 1.85. The summed E-state index contributed by atoms with van der Waals surface area (Å²) in [4.78, 5) is 28.4. The van der Waals surface area contributed by atoms with Crippen molar-refractivity contribution in [2.24, 2.45) is 0 Å². The van der Waals surface area contributed by atoms with Gasteiger partial charge in [-0.05, 0) is 6.42 Å². The van der Waals surface area contributed by atoms with Gasteiger partial charge in [-0.15, -0.1) is 5.10 Å². The zero-order valence-electron chi connectivity index (χ0n) is 10.9. The van der Waals surface area contributed by atoms with Gasteiger partial charge >= 0.3 is 5.97 Å². The number of hydrogen-bond donors (Lipinski definition) is 1. The number of ether oxygens (including phenoxy) is 1. The molecular formula is C11H18N4O3. The van der Waals surface area contributed by atoms with Crippen molar-refractivity contribution in [3.63, 3.8) is 0 Å². The van der Waals surface area contributed by atoms with Gasteiger partial charge in [0.05, 0.1) is 13.5 Å². The molecule has 0 spiro atoms. The Labute approximate surface area is 106 Å². The van der Waals surface area contributed by atoms with Crippen molar-refractivity contribution in [1.82, 2.24) is 20.1 Å². The molecule has 0 saturated carbocycles. The highest BCUT2D eigenvalue weighted by Crippen LogP contribution is 2.01. The van der Waals surface area contributed by atoms with E-state index in [9.17, 15) is 9.59 Å². The number of methoxy groups -OCH3 is 1. The predicted octanol–water partition coefficient (Wildman–Crippen LogP) is 0.392. The molecule has 1 N–H and O–H groups in total. The molecule has 0 aromatic carbocycles. The molecule has 0 radical (unpaired) electrons. The molecule has 0 fully saturated rings. The Morgan fingerprint density at radius 1 is 1.44 bits per heavy atom. The summed E-state index contributed by atoms with van der Waals surface area (Å²) in [5.74, 6) is 0.168. The Balaban J connectivity index is 2.54. The number of aryl methyl sites for hydroxylation is 1. The Hall–Kier alpha value is -1.92. The van der Waals surface area contributed by atoms with Gasteiger partial charge in [0.25, 0.3) is 5.91 Å². The number of rotatable bonds is 6. The van der Waals surface area contributed by atoms with E-state index in [1.54, 1.807) is 7.05 Å². The Kier molecular flexibility index (Phi) is 5.29. The molecule has 0 bridgehead atoms. The molecule has 1 aromatic heterocycles. The molecule has 0 atom stereocenters. The van der Waals surface area contributed by atoms with Crippen LogP contribution in [0.3, 0.4) is 0 Å². The van der Waals surface area contributed by atoms with Crippen LogP contribution in [0.25, 0.3) is 0 Å². The SMILES string of the molecule is CCCc1nc(C(=O)N(C)CCC(=O)OC)n[nH]1. The van der Waals surface area contributed by atoms with Crippen LogP contribution in [0.15, 0.2) is 0 Å². The van der Waals surface area contributed by atoms with E-state index in [2.05, 4.69) is 19.9 Å². The first kappa shape index (κ1) is 14.1. The summed E-state index contributed by atoms with van der Waals surface area (Å²) in [5, 5.41) is 6.58. The Bertz CT molecular complexity index is 416. The second-order valence-corrected chi connectivity index (χ2v) is 3.91. The van der Waals surface area contributed by atoms with E-state index in [4.69, 9.17) is 0 Å². The van der Waals surface area contributed by atoms with Gasteiger partial charge in [-0.2, -0.15) is 0 Å². The highest BCUT2D eigenvalue weighted by molar-refractivity contribution is 5.90. The molecular weight excluding hydrogens is 236 g/mol. The van der Waals surface area contributed by atoms with Crippen LogP contribution in [-0.2, 0) is 16.0 Å². The molecule has 0 aliphatic heterocycles. The lowest BCUT2D eigenvalue weighted by Gasteiger charge is -2.13. The molecule has 0 saturated heterocycles. The maximum atomic E-state index is 11.9. The van der Waals surface area contributed by atoms with Gasteiger partial charge < -0.3 is 9.64 Å². The van der Waals surface area contributed by atoms with E-state index in [1.807, 2.05) is 6.92 Å². The third-order valence-corrected chi connectivity index (χ3v) is 2.44. The number of amides is 1. The third-order valence-electron chi connectivity index (χ3n) is 2.44. The fourth-order valence-electron chi connectivity index (χ4n) is 1.37. The number of hydrogen-bond acceptors (Lipinski definition) is 5. The number of H-pyrrole nitrogens is 1. The van der Waals surface area contributed by atoms with Gasteiger partial charge in [-0.25, -0.2) is 4.98 Å². The van der Waals surface area contributed by atoms with Crippen molar-refractivity contribution < 1.29 is 14.3 Å². The lowest BCUT2D eigenvalue weighted by molar-refractivity contribution is -0.140. The van der Waals surface area contributed by atoms with Crippen molar-refractivity contribution in [2.45, 2.75) is 26.2 Å². The van der Waals surface area contributed by atoms with Crippen LogP contribution in [0.1, 0.15) is 36.2 Å². The van der Waals surface area contributed by atoms with E-state index in [0.29, 0.717) is 5.82 Å². The smallest absolute Gasteiger partial charge is 0.307 e. The minimum absolute atomic E-state index is 0.130. The molecule has 7 nitrogen and oxygen atoms in total. The summed E-state index contributed by atoms with van der Waals surface area (Å²) in [6.45, 7) is 2.30. The van der Waals surface area contributed by atoms with Crippen molar-refractivity contribution in [3.05, 3.63) is 11.6 Å². The van der Waals surface area contributed by atoms with E-state index in [1.165, 1.54) is 12.0 Å². The van der Waals surface area contributed by atoms with Gasteiger partial charge in [0.15, 0.2) is 0 Å². The average molecular weight is 254 g/mol. The monoisotopic (exact) mass is 254 g/mol. The number of nitrogens with one attached hydrogen (secondary N) is 1. The fraction of sp³-hybridized carbons (Fsp3) is 0.636. The molecule has 1 amide bonds. The van der Waals surface area contributed by atoms with Crippen molar-refractivity contribution in [3.8, 4) is 0 Å². The first-order valence-electron chi connectivity index (χ1n) is 5.82. The summed E-state index contributed by atoms with van der Waals surface area (Å²) >= 11 is 0. The zero-order chi connectivity index (χ0) is 13.5. The van der Waals surface area contributed by atoms with Gasteiger partial charge in [-0.1, -0.05) is 6.92 Å². The number of nitrogens with zero attached hydrogens (tertiary/aromatic N) is 3. The van der Waals surface area contributed by atoms with Crippen molar-refractivity contribution >= 4 is 11.9 Å². The Morgan fingerprint density at radius 3 is 2.78 bits per heavy atom. The molecule has 1 aromatic rings. The fourth-order valence-corrected chi connectivity index (χ4v) is 1.37. The zero-order valence-corrected chi connectivity index (χ0v) is 10.9. The number of aromatic amines is 1. The molecule has 1 rings (SSSR count). The second kappa shape index (κ2) is 6.73. The summed E-state index contributed by atoms with van der Waals surface area (Å²) < 4.78 is 4.51. The van der Waals surface area contributed by atoms with Crippen molar-refractivity contribution in [1.29, 1.82) is 0 Å². The van der Waals surface area contributed by atoms with Gasteiger partial charge in [0.1, 0.15) is 5.82 Å². The van der Waals surface area contributed by atoms with Crippen LogP contribution in [0.4, 0.5) is 0 Å². The number of esters is 1. The van der Waals surface area contributed by atoms with Crippen LogP contribution in [0.2, 0.25) is 0 Å². The van der Waals surface area contributed by atoms with Crippen molar-refractivity contribution in [2.75, 3.05) is 20.7 Å². The highest BCUT2D eigenvalue weighted by Gasteiger charge is 2.17. The topological polar surface area (TPSA) is 88.2 Å².